The van der Waals surface area contributed by atoms with Crippen LogP contribution in [0.15, 0.2) is 48.5 Å². The van der Waals surface area contributed by atoms with Crippen LogP contribution in [0.2, 0.25) is 0 Å². The summed E-state index contributed by atoms with van der Waals surface area (Å²) in [6, 6.07) is 15.6. The second-order valence-corrected chi connectivity index (χ2v) is 7.35. The number of nitrogens with zero attached hydrogens (tertiary/aromatic N) is 1. The summed E-state index contributed by atoms with van der Waals surface area (Å²) in [5, 5.41) is 0. The molecule has 0 atom stereocenters. The van der Waals surface area contributed by atoms with E-state index in [-0.39, 0.29) is 6.54 Å². The Morgan fingerprint density at radius 1 is 1.11 bits per heavy atom. The van der Waals surface area contributed by atoms with Crippen molar-refractivity contribution >= 4 is 17.7 Å². The van der Waals surface area contributed by atoms with Crippen LogP contribution in [-0.4, -0.2) is 29.7 Å². The van der Waals surface area contributed by atoms with Crippen molar-refractivity contribution in [2.45, 2.75) is 26.4 Å². The number of ether oxygens (including phenoxy) is 2. The van der Waals surface area contributed by atoms with Crippen LogP contribution >= 0.6 is 0 Å². The minimum Gasteiger partial charge on any atom is -0.456 e. The van der Waals surface area contributed by atoms with Crippen LogP contribution < -0.4 is 4.74 Å². The van der Waals surface area contributed by atoms with E-state index in [0.717, 1.165) is 28.2 Å². The number of carbonyl (C=O) groups excluding carboxylic acids is 1. The summed E-state index contributed by atoms with van der Waals surface area (Å²) in [4.78, 5) is 14.1. The Kier molecular flexibility index (Phi) is 5.23. The molecule has 4 nitrogen and oxygen atoms in total. The third-order valence-electron chi connectivity index (χ3n) is 4.00. The van der Waals surface area contributed by atoms with Gasteiger partial charge in [-0.2, -0.15) is 0 Å². The van der Waals surface area contributed by atoms with Gasteiger partial charge in [0.1, 0.15) is 17.1 Å². The Morgan fingerprint density at radius 2 is 1.78 bits per heavy atom. The molecular weight excluding hydrogens is 338 g/mol. The Bertz CT molecular complexity index is 916. The van der Waals surface area contributed by atoms with E-state index in [4.69, 9.17) is 15.9 Å². The lowest BCUT2D eigenvalue weighted by molar-refractivity contribution is 0.0299. The minimum absolute atomic E-state index is 0.164. The largest absolute Gasteiger partial charge is 0.456 e. The van der Waals surface area contributed by atoms with Crippen LogP contribution in [0, 0.1) is 12.3 Å². The third-order valence-corrected chi connectivity index (χ3v) is 4.00. The first-order chi connectivity index (χ1) is 12.9. The predicted molar refractivity (Wildman–Crippen MR) is 107 cm³/mol. The van der Waals surface area contributed by atoms with Gasteiger partial charge in [0, 0.05) is 11.1 Å². The number of terminal acetylenes is 1. The molecule has 0 bridgehead atoms. The Labute approximate surface area is 160 Å². The van der Waals surface area contributed by atoms with Crippen molar-refractivity contribution in [2.24, 2.45) is 0 Å². The average Bonchev–Trinajstić information content (AvgIpc) is 2.76. The fourth-order valence-corrected chi connectivity index (χ4v) is 2.86. The molecule has 2 aromatic rings. The van der Waals surface area contributed by atoms with Gasteiger partial charge in [0.25, 0.3) is 0 Å². The molecule has 0 spiro atoms. The smallest absolute Gasteiger partial charge is 0.411 e. The molecule has 3 rings (SSSR count). The van der Waals surface area contributed by atoms with Crippen molar-refractivity contribution < 1.29 is 14.3 Å². The monoisotopic (exact) mass is 361 g/mol. The van der Waals surface area contributed by atoms with Crippen molar-refractivity contribution in [3.8, 4) is 23.8 Å². The number of benzene rings is 2. The highest BCUT2D eigenvalue weighted by Crippen LogP contribution is 2.38. The first kappa shape index (κ1) is 18.6. The van der Waals surface area contributed by atoms with Crippen LogP contribution in [0.5, 0.6) is 11.5 Å². The molecule has 1 aliphatic heterocycles. The summed E-state index contributed by atoms with van der Waals surface area (Å²) < 4.78 is 11.6. The van der Waals surface area contributed by atoms with Crippen molar-refractivity contribution in [3.63, 3.8) is 0 Å². The lowest BCUT2D eigenvalue weighted by Crippen LogP contribution is -2.38. The Hall–Kier alpha value is -3.19. The van der Waals surface area contributed by atoms with Crippen molar-refractivity contribution in [1.29, 1.82) is 0 Å². The van der Waals surface area contributed by atoms with Crippen LogP contribution in [0.3, 0.4) is 0 Å². The second-order valence-electron chi connectivity index (χ2n) is 7.35. The van der Waals surface area contributed by atoms with Crippen LogP contribution in [0.1, 0.15) is 31.9 Å². The quantitative estimate of drug-likeness (QED) is 0.705. The predicted octanol–water partition coefficient (Wildman–Crippen LogP) is 5.20. The molecular formula is C23H23NO3. The topological polar surface area (TPSA) is 38.8 Å². The Balaban J connectivity index is 1.99. The number of rotatable bonds is 3. The molecule has 27 heavy (non-hydrogen) atoms. The highest BCUT2D eigenvalue weighted by Gasteiger charge is 2.24. The van der Waals surface area contributed by atoms with E-state index in [2.05, 4.69) is 5.92 Å². The maximum atomic E-state index is 12.6. The maximum Gasteiger partial charge on any atom is 0.411 e. The van der Waals surface area contributed by atoms with Gasteiger partial charge >= 0.3 is 6.09 Å². The normalized spacial score (nSPS) is 12.4. The van der Waals surface area contributed by atoms with E-state index >= 15 is 0 Å². The second kappa shape index (κ2) is 7.59. The van der Waals surface area contributed by atoms with Crippen LogP contribution in [0.4, 0.5) is 4.79 Å². The van der Waals surface area contributed by atoms with Crippen molar-refractivity contribution in [2.75, 3.05) is 13.1 Å². The molecule has 1 aliphatic rings. The summed E-state index contributed by atoms with van der Waals surface area (Å²) in [7, 11) is 0. The fraction of sp³-hybridized carbons (Fsp3) is 0.261. The van der Waals surface area contributed by atoms with E-state index in [9.17, 15) is 4.79 Å². The Morgan fingerprint density at radius 3 is 2.48 bits per heavy atom. The summed E-state index contributed by atoms with van der Waals surface area (Å²) in [6.45, 7) is 6.00. The molecule has 1 amide bonds. The highest BCUT2D eigenvalue weighted by molar-refractivity contribution is 5.89. The molecule has 4 heteroatoms. The number of hydrogen-bond acceptors (Lipinski definition) is 3. The number of hydrogen-bond donors (Lipinski definition) is 0. The van der Waals surface area contributed by atoms with Gasteiger partial charge in [-0.15, -0.1) is 6.42 Å². The van der Waals surface area contributed by atoms with Gasteiger partial charge in [0.2, 0.25) is 0 Å². The van der Waals surface area contributed by atoms with E-state index in [1.807, 2.05) is 75.4 Å². The summed E-state index contributed by atoms with van der Waals surface area (Å²) in [6.07, 6.45) is 7.10. The van der Waals surface area contributed by atoms with Crippen molar-refractivity contribution in [1.82, 2.24) is 4.90 Å². The van der Waals surface area contributed by atoms with Gasteiger partial charge < -0.3 is 9.47 Å². The molecule has 1 heterocycles. The lowest BCUT2D eigenvalue weighted by Gasteiger charge is -2.27. The highest BCUT2D eigenvalue weighted by atomic mass is 16.6. The van der Waals surface area contributed by atoms with E-state index in [1.165, 1.54) is 4.90 Å². The van der Waals surface area contributed by atoms with Gasteiger partial charge in [0.15, 0.2) is 0 Å². The van der Waals surface area contributed by atoms with Crippen LogP contribution in [0.25, 0.3) is 11.6 Å². The summed E-state index contributed by atoms with van der Waals surface area (Å²) >= 11 is 0. The van der Waals surface area contributed by atoms with Gasteiger partial charge in [-0.1, -0.05) is 42.3 Å². The molecule has 0 N–H and O–H groups in total. The fourth-order valence-electron chi connectivity index (χ4n) is 2.86. The molecule has 0 saturated heterocycles. The molecule has 2 aromatic carbocycles. The number of amides is 1. The van der Waals surface area contributed by atoms with Gasteiger partial charge in [-0.25, -0.2) is 4.79 Å². The van der Waals surface area contributed by atoms with Gasteiger partial charge in [-0.05, 0) is 44.6 Å². The van der Waals surface area contributed by atoms with Crippen LogP contribution in [-0.2, 0) is 4.74 Å². The van der Waals surface area contributed by atoms with E-state index < -0.39 is 11.7 Å². The zero-order valence-corrected chi connectivity index (χ0v) is 15.9. The number of carbonyl (C=O) groups is 1. The third kappa shape index (κ3) is 4.51. The zero-order chi connectivity index (χ0) is 19.4. The molecule has 0 aliphatic carbocycles. The summed E-state index contributed by atoms with van der Waals surface area (Å²) in [5.41, 5.74) is 2.24. The molecule has 0 radical (unpaired) electrons. The van der Waals surface area contributed by atoms with E-state index in [1.54, 1.807) is 0 Å². The molecule has 0 saturated carbocycles. The average molecular weight is 361 g/mol. The summed E-state index contributed by atoms with van der Waals surface area (Å²) in [5.74, 6) is 4.08. The first-order valence-corrected chi connectivity index (χ1v) is 8.85. The molecule has 138 valence electrons. The zero-order valence-electron chi connectivity index (χ0n) is 15.9. The maximum absolute atomic E-state index is 12.6. The lowest BCUT2D eigenvalue weighted by atomic mass is 10.0. The van der Waals surface area contributed by atoms with E-state index in [0.29, 0.717) is 6.54 Å². The SMILES string of the molecule is C#CCN(CC1=Cc2ccccc2Oc2ccccc21)C(=O)OC(C)(C)C. The minimum atomic E-state index is -0.588. The number of para-hydroxylation sites is 2. The van der Waals surface area contributed by atoms with Crippen molar-refractivity contribution in [3.05, 3.63) is 59.7 Å². The first-order valence-electron chi connectivity index (χ1n) is 8.85. The molecule has 0 aromatic heterocycles. The standard InChI is InChI=1S/C23H23NO3/c1-5-14-24(22(25)27-23(2,3)4)16-18-15-17-10-6-8-12-20(17)26-21-13-9-7-11-19(18)21/h1,6-13,15H,14,16H2,2-4H3. The molecule has 0 fully saturated rings. The van der Waals surface area contributed by atoms with Gasteiger partial charge in [-0.3, -0.25) is 4.90 Å². The van der Waals surface area contributed by atoms with Gasteiger partial charge in [0.05, 0.1) is 13.1 Å². The number of fused-ring (bicyclic) bond motifs is 2. The molecule has 0 unspecified atom stereocenters.